The summed E-state index contributed by atoms with van der Waals surface area (Å²) in [6, 6.07) is 15.1. The van der Waals surface area contributed by atoms with E-state index in [9.17, 15) is 4.79 Å². The van der Waals surface area contributed by atoms with Gasteiger partial charge in [-0.15, -0.1) is 11.5 Å². The Morgan fingerprint density at radius 1 is 1.20 bits per heavy atom. The topological polar surface area (TPSA) is 104 Å². The molecule has 2 aromatic heterocycles. The molecular formula is C26H22N6O3. The number of nitrogens with zero attached hydrogens (tertiary/aromatic N) is 5. The minimum atomic E-state index is -0.209. The van der Waals surface area contributed by atoms with Gasteiger partial charge in [0.1, 0.15) is 23.9 Å². The number of carbonyl (C=O) groups excluding carboxylic acids is 1. The van der Waals surface area contributed by atoms with Gasteiger partial charge in [-0.1, -0.05) is 18.1 Å². The van der Waals surface area contributed by atoms with Crippen LogP contribution in [0.3, 0.4) is 0 Å². The number of rotatable bonds is 6. The molecule has 3 heterocycles. The largest absolute Gasteiger partial charge is 0.497 e. The molecule has 0 aliphatic carbocycles. The maximum Gasteiger partial charge on any atom is 0.272 e. The summed E-state index contributed by atoms with van der Waals surface area (Å²) in [5.41, 5.74) is 4.07. The monoisotopic (exact) mass is 466 g/mol. The van der Waals surface area contributed by atoms with Crippen LogP contribution in [0.1, 0.15) is 29.2 Å². The zero-order valence-electron chi connectivity index (χ0n) is 19.2. The van der Waals surface area contributed by atoms with E-state index in [1.807, 2.05) is 55.5 Å². The summed E-state index contributed by atoms with van der Waals surface area (Å²) in [7, 11) is 1.62. The fraction of sp³-hybridized carbons (Fsp3) is 0.192. The Hall–Kier alpha value is -4.71. The molecule has 174 valence electrons. The second-order valence-electron chi connectivity index (χ2n) is 8.00. The molecule has 4 aromatic rings. The van der Waals surface area contributed by atoms with E-state index in [4.69, 9.17) is 15.9 Å². The lowest BCUT2D eigenvalue weighted by Crippen LogP contribution is -2.25. The van der Waals surface area contributed by atoms with Gasteiger partial charge in [0.15, 0.2) is 0 Å². The van der Waals surface area contributed by atoms with Gasteiger partial charge in [0, 0.05) is 23.5 Å². The molecule has 0 saturated carbocycles. The van der Waals surface area contributed by atoms with Crippen molar-refractivity contribution in [2.24, 2.45) is 0 Å². The maximum absolute atomic E-state index is 12.7. The van der Waals surface area contributed by atoms with Gasteiger partial charge in [0.25, 0.3) is 5.95 Å². The van der Waals surface area contributed by atoms with Gasteiger partial charge in [-0.2, -0.15) is 14.9 Å². The lowest BCUT2D eigenvalue weighted by Gasteiger charge is -2.24. The number of ether oxygens (including phenoxy) is 2. The zero-order chi connectivity index (χ0) is 24.4. The highest BCUT2D eigenvalue weighted by molar-refractivity contribution is 5.95. The highest BCUT2D eigenvalue weighted by Gasteiger charge is 2.33. The predicted molar refractivity (Wildman–Crippen MR) is 130 cm³/mol. The van der Waals surface area contributed by atoms with Crippen molar-refractivity contribution in [1.29, 1.82) is 0 Å². The number of benzene rings is 2. The quantitative estimate of drug-likeness (QED) is 0.434. The normalized spacial score (nSPS) is 14.5. The van der Waals surface area contributed by atoms with Crippen LogP contribution >= 0.6 is 0 Å². The predicted octanol–water partition coefficient (Wildman–Crippen LogP) is 3.53. The number of carbonyl (C=O) groups is 1. The highest BCUT2D eigenvalue weighted by atomic mass is 16.5. The molecule has 9 heteroatoms. The number of terminal acetylenes is 1. The molecule has 0 fully saturated rings. The van der Waals surface area contributed by atoms with E-state index in [2.05, 4.69) is 31.5 Å². The van der Waals surface area contributed by atoms with E-state index in [-0.39, 0.29) is 30.8 Å². The Kier molecular flexibility index (Phi) is 5.85. The van der Waals surface area contributed by atoms with Crippen LogP contribution in [0, 0.1) is 19.3 Å². The van der Waals surface area contributed by atoms with Crippen LogP contribution in [0.2, 0.25) is 0 Å². The second kappa shape index (κ2) is 9.27. The minimum Gasteiger partial charge on any atom is -0.497 e. The highest BCUT2D eigenvalue weighted by Crippen LogP contribution is 2.40. The summed E-state index contributed by atoms with van der Waals surface area (Å²) in [5, 5.41) is 15.9. The fourth-order valence-electron chi connectivity index (χ4n) is 4.21. The Morgan fingerprint density at radius 2 is 2.03 bits per heavy atom. The third kappa shape index (κ3) is 4.29. The van der Waals surface area contributed by atoms with Crippen molar-refractivity contribution in [3.05, 3.63) is 71.5 Å². The Morgan fingerprint density at radius 3 is 2.80 bits per heavy atom. The molecule has 1 N–H and O–H groups in total. The molecule has 9 nitrogen and oxygen atoms in total. The number of anilines is 1. The van der Waals surface area contributed by atoms with E-state index < -0.39 is 0 Å². The Labute approximate surface area is 202 Å². The SMILES string of the molecule is C#CCOc1cccc([C@H]2CC(=O)Nc3c2c(C)nn3-c2nncc(-c3ccc(OC)cc3)n2)c1. The second-order valence-corrected chi connectivity index (χ2v) is 8.00. The van der Waals surface area contributed by atoms with Crippen LogP contribution in [0.25, 0.3) is 17.2 Å². The molecule has 1 amide bonds. The summed E-state index contributed by atoms with van der Waals surface area (Å²) < 4.78 is 12.3. The standard InChI is InChI=1S/C26H22N6O3/c1-4-12-35-20-7-5-6-18(13-20)21-14-23(33)29-25-24(21)16(2)31-32(25)26-28-22(15-27-30-26)17-8-10-19(34-3)11-9-17/h1,5-11,13,15,21H,12,14H2,2-3H3,(H,29,33)/t21-/m1/s1. The molecule has 35 heavy (non-hydrogen) atoms. The molecule has 1 atom stereocenters. The minimum absolute atomic E-state index is 0.127. The first-order chi connectivity index (χ1) is 17.1. The molecule has 0 spiro atoms. The number of amides is 1. The number of nitrogens with one attached hydrogen (secondary N) is 1. The summed E-state index contributed by atoms with van der Waals surface area (Å²) in [4.78, 5) is 17.4. The van der Waals surface area contributed by atoms with Gasteiger partial charge in [-0.3, -0.25) is 4.79 Å². The molecule has 0 unspecified atom stereocenters. The van der Waals surface area contributed by atoms with E-state index in [0.29, 0.717) is 17.3 Å². The number of aromatic nitrogens is 5. The summed E-state index contributed by atoms with van der Waals surface area (Å²) >= 11 is 0. The third-order valence-electron chi connectivity index (χ3n) is 5.81. The van der Waals surface area contributed by atoms with Crippen molar-refractivity contribution >= 4 is 11.7 Å². The van der Waals surface area contributed by atoms with Gasteiger partial charge < -0.3 is 14.8 Å². The molecule has 0 bridgehead atoms. The average molecular weight is 467 g/mol. The number of aryl methyl sites for hydroxylation is 1. The van der Waals surface area contributed by atoms with Crippen molar-refractivity contribution in [2.45, 2.75) is 19.3 Å². The van der Waals surface area contributed by atoms with Crippen molar-refractivity contribution in [2.75, 3.05) is 19.0 Å². The first-order valence-corrected chi connectivity index (χ1v) is 11.0. The lowest BCUT2D eigenvalue weighted by molar-refractivity contribution is -0.116. The van der Waals surface area contributed by atoms with Crippen LogP contribution in [0.4, 0.5) is 5.82 Å². The number of hydrogen-bond donors (Lipinski definition) is 1. The fourth-order valence-corrected chi connectivity index (χ4v) is 4.21. The van der Waals surface area contributed by atoms with Crippen molar-refractivity contribution in [1.82, 2.24) is 25.0 Å². The van der Waals surface area contributed by atoms with Gasteiger partial charge in [0.2, 0.25) is 5.91 Å². The van der Waals surface area contributed by atoms with Crippen LogP contribution in [0.15, 0.2) is 54.7 Å². The van der Waals surface area contributed by atoms with Gasteiger partial charge in [0.05, 0.1) is 24.7 Å². The summed E-state index contributed by atoms with van der Waals surface area (Å²) in [5.74, 6) is 4.32. The van der Waals surface area contributed by atoms with E-state index in [1.165, 1.54) is 4.68 Å². The molecular weight excluding hydrogens is 444 g/mol. The first-order valence-electron chi connectivity index (χ1n) is 11.0. The van der Waals surface area contributed by atoms with E-state index in [0.717, 1.165) is 28.1 Å². The Bertz CT molecular complexity index is 1440. The van der Waals surface area contributed by atoms with Crippen molar-refractivity contribution in [3.63, 3.8) is 0 Å². The average Bonchev–Trinajstić information content (AvgIpc) is 3.23. The lowest BCUT2D eigenvalue weighted by atomic mass is 9.86. The van der Waals surface area contributed by atoms with E-state index >= 15 is 0 Å². The molecule has 1 aliphatic rings. The summed E-state index contributed by atoms with van der Waals surface area (Å²) in [6.07, 6.45) is 7.18. The van der Waals surface area contributed by atoms with Crippen molar-refractivity contribution in [3.8, 4) is 41.0 Å². The zero-order valence-corrected chi connectivity index (χ0v) is 19.2. The van der Waals surface area contributed by atoms with Gasteiger partial charge >= 0.3 is 0 Å². The third-order valence-corrected chi connectivity index (χ3v) is 5.81. The van der Waals surface area contributed by atoms with Gasteiger partial charge in [-0.25, -0.2) is 4.98 Å². The van der Waals surface area contributed by atoms with Crippen LogP contribution in [-0.2, 0) is 4.79 Å². The smallest absolute Gasteiger partial charge is 0.272 e. The first kappa shape index (κ1) is 22.1. The van der Waals surface area contributed by atoms with Crippen molar-refractivity contribution < 1.29 is 14.3 Å². The summed E-state index contributed by atoms with van der Waals surface area (Å²) in [6.45, 7) is 2.07. The molecule has 0 saturated heterocycles. The molecule has 0 radical (unpaired) electrons. The Balaban J connectivity index is 1.55. The van der Waals surface area contributed by atoms with Crippen LogP contribution < -0.4 is 14.8 Å². The van der Waals surface area contributed by atoms with E-state index in [1.54, 1.807) is 13.3 Å². The number of fused-ring (bicyclic) bond motifs is 1. The molecule has 2 aromatic carbocycles. The van der Waals surface area contributed by atoms with Crippen LogP contribution in [0.5, 0.6) is 11.5 Å². The van der Waals surface area contributed by atoms with Gasteiger partial charge in [-0.05, 0) is 48.9 Å². The van der Waals surface area contributed by atoms with Crippen LogP contribution in [-0.4, -0.2) is 44.6 Å². The molecule has 1 aliphatic heterocycles. The molecule has 5 rings (SSSR count). The number of hydrogen-bond acceptors (Lipinski definition) is 7. The maximum atomic E-state index is 12.7. The number of methoxy groups -OCH3 is 1.